The fraction of sp³-hybridized carbons (Fsp3) is 0.400. The summed E-state index contributed by atoms with van der Waals surface area (Å²) < 4.78 is 7.58. The van der Waals surface area contributed by atoms with E-state index in [9.17, 15) is 4.79 Å². The second-order valence-electron chi connectivity index (χ2n) is 7.68. The molecule has 0 radical (unpaired) electrons. The lowest BCUT2D eigenvalue weighted by Gasteiger charge is -2.40. The number of aromatic nitrogens is 4. The highest BCUT2D eigenvalue weighted by Crippen LogP contribution is 2.44. The molecule has 1 aliphatic carbocycles. The summed E-state index contributed by atoms with van der Waals surface area (Å²) >= 11 is 0. The average molecular weight is 378 g/mol. The Morgan fingerprint density at radius 2 is 2.25 bits per heavy atom. The van der Waals surface area contributed by atoms with Gasteiger partial charge in [-0.1, -0.05) is 0 Å². The van der Waals surface area contributed by atoms with Crippen LogP contribution < -0.4 is 5.73 Å². The first-order chi connectivity index (χ1) is 13.6. The minimum atomic E-state index is -0.120. The summed E-state index contributed by atoms with van der Waals surface area (Å²) in [7, 11) is 0. The number of aryl methyl sites for hydroxylation is 1. The van der Waals surface area contributed by atoms with Crippen molar-refractivity contribution in [2.24, 2.45) is 0 Å². The van der Waals surface area contributed by atoms with Crippen LogP contribution in [-0.4, -0.2) is 43.6 Å². The Labute approximate surface area is 162 Å². The fourth-order valence-electron chi connectivity index (χ4n) is 4.54. The van der Waals surface area contributed by atoms with Gasteiger partial charge in [-0.3, -0.25) is 9.48 Å². The molecule has 1 atom stereocenters. The number of nitrogens with two attached hydrogens (primary N) is 1. The quantitative estimate of drug-likeness (QED) is 0.748. The van der Waals surface area contributed by atoms with E-state index in [2.05, 4.69) is 15.1 Å². The lowest BCUT2D eigenvalue weighted by molar-refractivity contribution is 0.0600. The zero-order valence-corrected chi connectivity index (χ0v) is 15.5. The average Bonchev–Trinajstić information content (AvgIpc) is 3.44. The summed E-state index contributed by atoms with van der Waals surface area (Å²) in [4.78, 5) is 23.6. The SMILES string of the molecule is Nc1ncc2c(n1)C1(CCCN(C(=O)c3ccc(Cn4cccn4)o3)C1)CC2. The van der Waals surface area contributed by atoms with Crippen molar-refractivity contribution in [3.8, 4) is 0 Å². The maximum absolute atomic E-state index is 13.1. The number of amides is 1. The van der Waals surface area contributed by atoms with Crippen molar-refractivity contribution in [3.05, 3.63) is 59.6 Å². The van der Waals surface area contributed by atoms with E-state index in [1.54, 1.807) is 16.9 Å². The third kappa shape index (κ3) is 2.85. The molecule has 1 amide bonds. The van der Waals surface area contributed by atoms with Crippen LogP contribution >= 0.6 is 0 Å². The monoisotopic (exact) mass is 378 g/mol. The van der Waals surface area contributed by atoms with Crippen molar-refractivity contribution in [3.63, 3.8) is 0 Å². The molecule has 5 rings (SSSR count). The van der Waals surface area contributed by atoms with Crippen LogP contribution in [-0.2, 0) is 18.4 Å². The van der Waals surface area contributed by atoms with Crippen molar-refractivity contribution in [1.29, 1.82) is 0 Å². The summed E-state index contributed by atoms with van der Waals surface area (Å²) in [5, 5.41) is 4.17. The maximum atomic E-state index is 13.1. The minimum Gasteiger partial charge on any atom is -0.454 e. The zero-order valence-electron chi connectivity index (χ0n) is 15.5. The van der Waals surface area contributed by atoms with Gasteiger partial charge in [0.1, 0.15) is 5.76 Å². The van der Waals surface area contributed by atoms with Gasteiger partial charge in [-0.25, -0.2) is 9.97 Å². The molecule has 0 saturated carbocycles. The van der Waals surface area contributed by atoms with Crippen LogP contribution in [0.4, 0.5) is 5.95 Å². The molecule has 4 heterocycles. The Bertz CT molecular complexity index is 1010. The van der Waals surface area contributed by atoms with E-state index < -0.39 is 0 Å². The summed E-state index contributed by atoms with van der Waals surface area (Å²) in [5.74, 6) is 1.32. The third-order valence-corrected chi connectivity index (χ3v) is 5.87. The van der Waals surface area contributed by atoms with Crippen LogP contribution in [0, 0.1) is 0 Å². The largest absolute Gasteiger partial charge is 0.454 e. The van der Waals surface area contributed by atoms with Crippen LogP contribution in [0.15, 0.2) is 41.2 Å². The Hall–Kier alpha value is -3.16. The van der Waals surface area contributed by atoms with Gasteiger partial charge in [0.25, 0.3) is 5.91 Å². The highest BCUT2D eigenvalue weighted by Gasteiger charge is 2.45. The molecule has 144 valence electrons. The Kier molecular flexibility index (Phi) is 3.92. The van der Waals surface area contributed by atoms with Gasteiger partial charge in [0.15, 0.2) is 5.76 Å². The van der Waals surface area contributed by atoms with Crippen molar-refractivity contribution < 1.29 is 9.21 Å². The van der Waals surface area contributed by atoms with Crippen LogP contribution in [0.5, 0.6) is 0 Å². The molecule has 3 aromatic rings. The highest BCUT2D eigenvalue weighted by atomic mass is 16.4. The minimum absolute atomic E-state index is 0.0683. The predicted octanol–water partition coefficient (Wildman–Crippen LogP) is 2.02. The van der Waals surface area contributed by atoms with Crippen LogP contribution in [0.2, 0.25) is 0 Å². The lowest BCUT2D eigenvalue weighted by atomic mass is 9.77. The maximum Gasteiger partial charge on any atom is 0.289 e. The molecule has 1 fully saturated rings. The number of hydrogen-bond donors (Lipinski definition) is 1. The molecule has 1 spiro atoms. The van der Waals surface area contributed by atoms with Gasteiger partial charge >= 0.3 is 0 Å². The molecule has 1 aliphatic heterocycles. The van der Waals surface area contributed by atoms with Crippen LogP contribution in [0.1, 0.15) is 46.8 Å². The lowest BCUT2D eigenvalue weighted by Crippen LogP contribution is -2.47. The molecule has 1 saturated heterocycles. The number of carbonyl (C=O) groups is 1. The van der Waals surface area contributed by atoms with Crippen molar-refractivity contribution in [2.75, 3.05) is 18.8 Å². The smallest absolute Gasteiger partial charge is 0.289 e. The third-order valence-electron chi connectivity index (χ3n) is 5.87. The number of nitrogen functional groups attached to an aromatic ring is 1. The summed E-state index contributed by atoms with van der Waals surface area (Å²) in [5.41, 5.74) is 7.90. The number of furan rings is 1. The summed E-state index contributed by atoms with van der Waals surface area (Å²) in [6.45, 7) is 1.88. The molecular formula is C20H22N6O2. The predicted molar refractivity (Wildman–Crippen MR) is 102 cm³/mol. The number of nitrogens with zero attached hydrogens (tertiary/aromatic N) is 5. The second-order valence-corrected chi connectivity index (χ2v) is 7.68. The van der Waals surface area contributed by atoms with Crippen molar-refractivity contribution in [2.45, 2.75) is 37.6 Å². The summed E-state index contributed by atoms with van der Waals surface area (Å²) in [6.07, 6.45) is 9.29. The fourth-order valence-corrected chi connectivity index (χ4v) is 4.54. The van der Waals surface area contributed by atoms with Crippen molar-refractivity contribution in [1.82, 2.24) is 24.6 Å². The normalized spacial score (nSPS) is 21.2. The van der Waals surface area contributed by atoms with Gasteiger partial charge < -0.3 is 15.1 Å². The molecule has 0 bridgehead atoms. The highest BCUT2D eigenvalue weighted by molar-refractivity contribution is 5.91. The van der Waals surface area contributed by atoms with E-state index in [-0.39, 0.29) is 11.3 Å². The first kappa shape index (κ1) is 17.0. The second kappa shape index (κ2) is 6.47. The molecule has 8 heteroatoms. The Morgan fingerprint density at radius 3 is 3.11 bits per heavy atom. The van der Waals surface area contributed by atoms with Gasteiger partial charge in [0.2, 0.25) is 5.95 Å². The van der Waals surface area contributed by atoms with Gasteiger partial charge in [0, 0.05) is 37.1 Å². The number of rotatable bonds is 3. The topological polar surface area (TPSA) is 103 Å². The Morgan fingerprint density at radius 1 is 1.32 bits per heavy atom. The van der Waals surface area contributed by atoms with Crippen LogP contribution in [0.3, 0.4) is 0 Å². The van der Waals surface area contributed by atoms with E-state index in [0.29, 0.717) is 30.6 Å². The Balaban J connectivity index is 1.36. The number of hydrogen-bond acceptors (Lipinski definition) is 6. The number of fused-ring (bicyclic) bond motifs is 2. The number of anilines is 1. The zero-order chi connectivity index (χ0) is 19.1. The molecule has 0 aromatic carbocycles. The molecule has 2 aliphatic rings. The molecule has 3 aromatic heterocycles. The van der Waals surface area contributed by atoms with Gasteiger partial charge in [-0.15, -0.1) is 0 Å². The van der Waals surface area contributed by atoms with E-state index in [0.717, 1.165) is 43.5 Å². The first-order valence-corrected chi connectivity index (χ1v) is 9.60. The van der Waals surface area contributed by atoms with Crippen molar-refractivity contribution >= 4 is 11.9 Å². The van der Waals surface area contributed by atoms with E-state index in [4.69, 9.17) is 10.2 Å². The van der Waals surface area contributed by atoms with E-state index >= 15 is 0 Å². The number of carbonyl (C=O) groups excluding carboxylic acids is 1. The van der Waals surface area contributed by atoms with E-state index in [1.165, 1.54) is 0 Å². The van der Waals surface area contributed by atoms with Gasteiger partial charge in [-0.05, 0) is 49.4 Å². The van der Waals surface area contributed by atoms with Crippen LogP contribution in [0.25, 0.3) is 0 Å². The molecular weight excluding hydrogens is 356 g/mol. The first-order valence-electron chi connectivity index (χ1n) is 9.60. The molecule has 1 unspecified atom stereocenters. The summed E-state index contributed by atoms with van der Waals surface area (Å²) in [6, 6.07) is 5.45. The van der Waals surface area contributed by atoms with Gasteiger partial charge in [-0.2, -0.15) is 5.10 Å². The van der Waals surface area contributed by atoms with E-state index in [1.807, 2.05) is 29.4 Å². The number of piperidine rings is 1. The standard InChI is InChI=1S/C20H22N6O2/c21-19-22-11-14-5-7-20(17(14)24-19)6-1-9-25(13-20)18(27)16-4-3-15(28-16)12-26-10-2-8-23-26/h2-4,8,10-11H,1,5-7,9,12-13H2,(H2,21,22,24). The molecule has 2 N–H and O–H groups in total. The molecule has 28 heavy (non-hydrogen) atoms. The van der Waals surface area contributed by atoms with Gasteiger partial charge in [0.05, 0.1) is 12.2 Å². The number of likely N-dealkylation sites (tertiary alicyclic amines) is 1. The molecule has 8 nitrogen and oxygen atoms in total.